The molecule has 0 saturated carbocycles. The van der Waals surface area contributed by atoms with Gasteiger partial charge in [0.1, 0.15) is 5.75 Å². The average molecular weight is 304 g/mol. The third-order valence-corrected chi connectivity index (χ3v) is 3.97. The Bertz CT molecular complexity index is 757. The molecule has 1 atom stereocenters. The van der Waals surface area contributed by atoms with Gasteiger partial charge in [0.25, 0.3) is 0 Å². The van der Waals surface area contributed by atoms with Crippen LogP contribution >= 0.6 is 0 Å². The van der Waals surface area contributed by atoms with Crippen LogP contribution in [0.25, 0.3) is 11.1 Å². The van der Waals surface area contributed by atoms with E-state index in [2.05, 4.69) is 29.4 Å². The van der Waals surface area contributed by atoms with Crippen molar-refractivity contribution >= 4 is 0 Å². The van der Waals surface area contributed by atoms with Crippen molar-refractivity contribution in [1.29, 1.82) is 0 Å². The standard InChI is InChI=1S/C20H20N2O/c1-15(18-8-5-11-21-13-18)22-14-19-12-17(9-10-20(19)23)16-6-3-2-4-7-16/h2-13,15,22-23H,14H2,1H3/t15-/m0/s1. The van der Waals surface area contributed by atoms with E-state index < -0.39 is 0 Å². The smallest absolute Gasteiger partial charge is 0.120 e. The summed E-state index contributed by atoms with van der Waals surface area (Å²) in [6.07, 6.45) is 3.63. The number of rotatable bonds is 5. The van der Waals surface area contributed by atoms with Crippen molar-refractivity contribution in [1.82, 2.24) is 10.3 Å². The van der Waals surface area contributed by atoms with Crippen LogP contribution in [0.2, 0.25) is 0 Å². The normalized spacial score (nSPS) is 12.0. The number of nitrogens with one attached hydrogen (secondary N) is 1. The molecule has 1 heterocycles. The Kier molecular flexibility index (Phi) is 4.69. The van der Waals surface area contributed by atoms with Crippen LogP contribution in [-0.2, 0) is 6.54 Å². The summed E-state index contributed by atoms with van der Waals surface area (Å²) in [4.78, 5) is 4.14. The number of nitrogens with zero attached hydrogens (tertiary/aromatic N) is 1. The van der Waals surface area contributed by atoms with E-state index in [1.165, 1.54) is 0 Å². The Morgan fingerprint density at radius 1 is 1.00 bits per heavy atom. The molecule has 3 nitrogen and oxygen atoms in total. The summed E-state index contributed by atoms with van der Waals surface area (Å²) in [6, 6.07) is 20.1. The van der Waals surface area contributed by atoms with Gasteiger partial charge in [0.05, 0.1) is 0 Å². The number of phenols is 1. The summed E-state index contributed by atoms with van der Waals surface area (Å²) in [5, 5.41) is 13.5. The summed E-state index contributed by atoms with van der Waals surface area (Å²) in [7, 11) is 0. The highest BCUT2D eigenvalue weighted by Gasteiger charge is 2.08. The van der Waals surface area contributed by atoms with Crippen LogP contribution < -0.4 is 5.32 Å². The maximum absolute atomic E-state index is 10.1. The van der Waals surface area contributed by atoms with Gasteiger partial charge in [-0.3, -0.25) is 4.98 Å². The number of pyridine rings is 1. The van der Waals surface area contributed by atoms with Crippen molar-refractivity contribution in [2.24, 2.45) is 0 Å². The van der Waals surface area contributed by atoms with Crippen molar-refractivity contribution in [2.45, 2.75) is 19.5 Å². The fourth-order valence-electron chi connectivity index (χ4n) is 2.55. The van der Waals surface area contributed by atoms with Crippen LogP contribution in [-0.4, -0.2) is 10.1 Å². The van der Waals surface area contributed by atoms with Crippen molar-refractivity contribution in [3.63, 3.8) is 0 Å². The predicted octanol–water partition coefficient (Wildman–Crippen LogP) is 4.31. The molecular formula is C20H20N2O. The zero-order valence-electron chi connectivity index (χ0n) is 13.1. The molecule has 0 unspecified atom stereocenters. The molecule has 0 aliphatic heterocycles. The molecule has 0 spiro atoms. The lowest BCUT2D eigenvalue weighted by Gasteiger charge is -2.15. The fourth-order valence-corrected chi connectivity index (χ4v) is 2.55. The summed E-state index contributed by atoms with van der Waals surface area (Å²) < 4.78 is 0. The molecule has 0 saturated heterocycles. The molecular weight excluding hydrogens is 284 g/mol. The maximum atomic E-state index is 10.1. The van der Waals surface area contributed by atoms with Gasteiger partial charge in [-0.25, -0.2) is 0 Å². The zero-order chi connectivity index (χ0) is 16.1. The van der Waals surface area contributed by atoms with E-state index in [1.807, 2.05) is 48.7 Å². The second kappa shape index (κ2) is 7.07. The molecule has 0 bridgehead atoms. The van der Waals surface area contributed by atoms with Gasteiger partial charge in [-0.05, 0) is 41.8 Å². The van der Waals surface area contributed by atoms with Crippen molar-refractivity contribution in [3.05, 3.63) is 84.2 Å². The Balaban J connectivity index is 1.75. The quantitative estimate of drug-likeness (QED) is 0.738. The van der Waals surface area contributed by atoms with Gasteiger partial charge in [0.15, 0.2) is 0 Å². The zero-order valence-corrected chi connectivity index (χ0v) is 13.1. The highest BCUT2D eigenvalue weighted by atomic mass is 16.3. The Morgan fingerprint density at radius 3 is 2.57 bits per heavy atom. The molecule has 0 radical (unpaired) electrons. The Hall–Kier alpha value is -2.65. The largest absolute Gasteiger partial charge is 0.508 e. The minimum Gasteiger partial charge on any atom is -0.508 e. The number of hydrogen-bond acceptors (Lipinski definition) is 3. The van der Waals surface area contributed by atoms with Crippen LogP contribution in [0, 0.1) is 0 Å². The number of aromatic nitrogens is 1. The topological polar surface area (TPSA) is 45.1 Å². The Morgan fingerprint density at radius 2 is 1.83 bits per heavy atom. The minimum atomic E-state index is 0.170. The Labute approximate surface area is 136 Å². The lowest BCUT2D eigenvalue weighted by molar-refractivity contribution is 0.460. The predicted molar refractivity (Wildman–Crippen MR) is 93.0 cm³/mol. The van der Waals surface area contributed by atoms with Gasteiger partial charge in [-0.15, -0.1) is 0 Å². The first kappa shape index (κ1) is 15.3. The monoisotopic (exact) mass is 304 g/mol. The average Bonchev–Trinajstić information content (AvgIpc) is 2.62. The molecule has 116 valence electrons. The lowest BCUT2D eigenvalue weighted by atomic mass is 10.0. The van der Waals surface area contributed by atoms with E-state index in [9.17, 15) is 5.11 Å². The molecule has 0 fully saturated rings. The molecule has 23 heavy (non-hydrogen) atoms. The molecule has 1 aromatic heterocycles. The van der Waals surface area contributed by atoms with Crippen LogP contribution in [0.15, 0.2) is 73.1 Å². The highest BCUT2D eigenvalue weighted by molar-refractivity contribution is 5.65. The van der Waals surface area contributed by atoms with Crippen molar-refractivity contribution in [2.75, 3.05) is 0 Å². The lowest BCUT2D eigenvalue weighted by Crippen LogP contribution is -2.18. The third-order valence-electron chi connectivity index (χ3n) is 3.97. The van der Waals surface area contributed by atoms with Gasteiger partial charge in [0.2, 0.25) is 0 Å². The van der Waals surface area contributed by atoms with Crippen LogP contribution in [0.5, 0.6) is 5.75 Å². The van der Waals surface area contributed by atoms with E-state index in [0.29, 0.717) is 12.3 Å². The van der Waals surface area contributed by atoms with E-state index in [4.69, 9.17) is 0 Å². The van der Waals surface area contributed by atoms with Crippen LogP contribution in [0.1, 0.15) is 24.1 Å². The first-order valence-corrected chi connectivity index (χ1v) is 7.74. The maximum Gasteiger partial charge on any atom is 0.120 e. The molecule has 2 aromatic carbocycles. The first-order valence-electron chi connectivity index (χ1n) is 7.74. The fraction of sp³-hybridized carbons (Fsp3) is 0.150. The summed E-state index contributed by atoms with van der Waals surface area (Å²) in [6.45, 7) is 2.69. The molecule has 0 aliphatic carbocycles. The first-order chi connectivity index (χ1) is 11.2. The number of benzene rings is 2. The van der Waals surface area contributed by atoms with Crippen molar-refractivity contribution < 1.29 is 5.11 Å². The number of aromatic hydroxyl groups is 1. The highest BCUT2D eigenvalue weighted by Crippen LogP contribution is 2.26. The van der Waals surface area contributed by atoms with E-state index >= 15 is 0 Å². The van der Waals surface area contributed by atoms with Crippen LogP contribution in [0.4, 0.5) is 0 Å². The van der Waals surface area contributed by atoms with E-state index in [-0.39, 0.29) is 6.04 Å². The van der Waals surface area contributed by atoms with Crippen LogP contribution in [0.3, 0.4) is 0 Å². The van der Waals surface area contributed by atoms with E-state index in [1.54, 1.807) is 12.3 Å². The molecule has 2 N–H and O–H groups in total. The number of hydrogen-bond donors (Lipinski definition) is 2. The van der Waals surface area contributed by atoms with Gasteiger partial charge >= 0.3 is 0 Å². The molecule has 0 amide bonds. The second-order valence-corrected chi connectivity index (χ2v) is 5.60. The van der Waals surface area contributed by atoms with Crippen molar-refractivity contribution in [3.8, 4) is 16.9 Å². The summed E-state index contributed by atoms with van der Waals surface area (Å²) >= 11 is 0. The minimum absolute atomic E-state index is 0.170. The molecule has 3 rings (SSSR count). The van der Waals surface area contributed by atoms with E-state index in [0.717, 1.165) is 22.3 Å². The number of phenolic OH excluding ortho intramolecular Hbond substituents is 1. The molecule has 3 heteroatoms. The SMILES string of the molecule is C[C@H](NCc1cc(-c2ccccc2)ccc1O)c1cccnc1. The van der Waals surface area contributed by atoms with Gasteiger partial charge in [-0.2, -0.15) is 0 Å². The molecule has 0 aliphatic rings. The summed E-state index contributed by atoms with van der Waals surface area (Å²) in [5.41, 5.74) is 4.27. The second-order valence-electron chi connectivity index (χ2n) is 5.60. The molecule has 3 aromatic rings. The third kappa shape index (κ3) is 3.76. The van der Waals surface area contributed by atoms with Gasteiger partial charge in [0, 0.05) is 30.5 Å². The summed E-state index contributed by atoms with van der Waals surface area (Å²) in [5.74, 6) is 0.315. The van der Waals surface area contributed by atoms with Gasteiger partial charge < -0.3 is 10.4 Å². The van der Waals surface area contributed by atoms with Gasteiger partial charge in [-0.1, -0.05) is 42.5 Å².